The molecule has 0 spiro atoms. The second kappa shape index (κ2) is 8.96. The fourth-order valence-corrected chi connectivity index (χ4v) is 2.03. The monoisotopic (exact) mass is 212 g/mol. The zero-order valence-electron chi connectivity index (χ0n) is 11.1. The van der Waals surface area contributed by atoms with Gasteiger partial charge in [0.2, 0.25) is 0 Å². The molecule has 0 aliphatic rings. The molecule has 1 heteroatoms. The van der Waals surface area contributed by atoms with Crippen LogP contribution in [-0.2, 0) is 0 Å². The number of quaternary nitrogens is 1. The molecule has 0 radical (unpaired) electrons. The molecule has 0 unspecified atom stereocenters. The molecule has 0 amide bonds. The zero-order chi connectivity index (χ0) is 11.6. The van der Waals surface area contributed by atoms with Gasteiger partial charge in [-0.15, -0.1) is 0 Å². The Balaban J connectivity index is 4.23. The summed E-state index contributed by atoms with van der Waals surface area (Å²) < 4.78 is 1.15. The van der Waals surface area contributed by atoms with Crippen molar-refractivity contribution in [1.82, 2.24) is 0 Å². The fourth-order valence-electron chi connectivity index (χ4n) is 2.03. The Bertz CT molecular complexity index is 130. The zero-order valence-corrected chi connectivity index (χ0v) is 11.1. The van der Waals surface area contributed by atoms with Crippen LogP contribution in [0.2, 0.25) is 0 Å². The first-order valence-corrected chi connectivity index (χ1v) is 6.74. The quantitative estimate of drug-likeness (QED) is 0.472. The predicted octanol–water partition coefficient (Wildman–Crippen LogP) is 4.35. The van der Waals surface area contributed by atoms with Crippen LogP contribution < -0.4 is 0 Å². The third-order valence-corrected chi connectivity index (χ3v) is 3.26. The van der Waals surface area contributed by atoms with Crippen LogP contribution in [-0.4, -0.2) is 24.1 Å². The van der Waals surface area contributed by atoms with Crippen LogP contribution in [0.3, 0.4) is 0 Å². The molecule has 0 atom stereocenters. The van der Waals surface area contributed by atoms with Crippen molar-refractivity contribution in [3.8, 4) is 0 Å². The number of unbranched alkanes of at least 4 members (excludes halogenated alkanes) is 3. The Morgan fingerprint density at radius 2 is 1.13 bits per heavy atom. The van der Waals surface area contributed by atoms with E-state index >= 15 is 0 Å². The van der Waals surface area contributed by atoms with Crippen LogP contribution in [0.4, 0.5) is 0 Å². The predicted molar refractivity (Wildman–Crippen MR) is 69.8 cm³/mol. The van der Waals surface area contributed by atoms with Crippen molar-refractivity contribution in [3.63, 3.8) is 0 Å². The van der Waals surface area contributed by atoms with Gasteiger partial charge in [0.15, 0.2) is 0 Å². The average Bonchev–Trinajstić information content (AvgIpc) is 2.29. The Labute approximate surface area is 96.8 Å². The average molecular weight is 212 g/mol. The van der Waals surface area contributed by atoms with Crippen LogP contribution in [0.5, 0.6) is 0 Å². The van der Waals surface area contributed by atoms with E-state index in [1.807, 2.05) is 0 Å². The molecule has 0 fully saturated rings. The Morgan fingerprint density at radius 1 is 0.800 bits per heavy atom. The van der Waals surface area contributed by atoms with Crippen molar-refractivity contribution in [2.45, 2.75) is 59.3 Å². The van der Waals surface area contributed by atoms with Crippen LogP contribution in [0.25, 0.3) is 0 Å². The van der Waals surface area contributed by atoms with Crippen molar-refractivity contribution in [1.29, 1.82) is 0 Å². The highest BCUT2D eigenvalue weighted by Crippen LogP contribution is 2.14. The van der Waals surface area contributed by atoms with E-state index in [4.69, 9.17) is 0 Å². The molecule has 0 aliphatic carbocycles. The summed E-state index contributed by atoms with van der Waals surface area (Å²) in [5.41, 5.74) is 0. The van der Waals surface area contributed by atoms with E-state index in [0.29, 0.717) is 0 Å². The molecule has 0 rings (SSSR count). The largest absolute Gasteiger partial charge is 0.298 e. The van der Waals surface area contributed by atoms with Gasteiger partial charge in [-0.25, -0.2) is 0 Å². The van der Waals surface area contributed by atoms with Gasteiger partial charge in [-0.05, 0) is 25.8 Å². The molecule has 90 valence electrons. The summed E-state index contributed by atoms with van der Waals surface area (Å²) in [5, 5.41) is 0. The van der Waals surface area contributed by atoms with Crippen molar-refractivity contribution >= 4 is 0 Å². The van der Waals surface area contributed by atoms with E-state index in [1.54, 1.807) is 0 Å². The Hall–Kier alpha value is -0.300. The van der Waals surface area contributed by atoms with Gasteiger partial charge in [0, 0.05) is 0 Å². The highest BCUT2D eigenvalue weighted by atomic mass is 15.3. The standard InChI is InChI=1S/C14H30N/c1-5-9-12-15(8-4,13-10-6-2)14-11-7-3/h8H,4-7,9-14H2,1-3H3/q+1. The molecular weight excluding hydrogens is 182 g/mol. The smallest absolute Gasteiger partial charge is 0.0885 e. The number of hydrogen-bond acceptors (Lipinski definition) is 0. The summed E-state index contributed by atoms with van der Waals surface area (Å²) >= 11 is 0. The summed E-state index contributed by atoms with van der Waals surface area (Å²) in [6.45, 7) is 14.8. The number of rotatable bonds is 10. The van der Waals surface area contributed by atoms with Crippen LogP contribution >= 0.6 is 0 Å². The van der Waals surface area contributed by atoms with Gasteiger partial charge in [0.05, 0.1) is 25.8 Å². The first-order chi connectivity index (χ1) is 7.24. The molecule has 0 N–H and O–H groups in total. The molecule has 0 aromatic carbocycles. The molecular formula is C14H30N+. The molecule has 0 saturated carbocycles. The SMILES string of the molecule is C=C[N+](CCCC)(CCCC)CCCC. The summed E-state index contributed by atoms with van der Waals surface area (Å²) in [7, 11) is 0. The first kappa shape index (κ1) is 14.7. The highest BCUT2D eigenvalue weighted by Gasteiger charge is 2.21. The Kier molecular flexibility index (Phi) is 8.79. The molecule has 0 aliphatic heterocycles. The molecule has 0 saturated heterocycles. The number of nitrogens with zero attached hydrogens (tertiary/aromatic N) is 1. The molecule has 0 heterocycles. The van der Waals surface area contributed by atoms with Gasteiger partial charge in [-0.2, -0.15) is 0 Å². The Morgan fingerprint density at radius 3 is 1.33 bits per heavy atom. The molecule has 1 nitrogen and oxygen atoms in total. The second-order valence-electron chi connectivity index (χ2n) is 4.63. The lowest BCUT2D eigenvalue weighted by Gasteiger charge is -2.35. The van der Waals surface area contributed by atoms with E-state index in [9.17, 15) is 0 Å². The van der Waals surface area contributed by atoms with Crippen molar-refractivity contribution in [2.24, 2.45) is 0 Å². The lowest BCUT2D eigenvalue weighted by molar-refractivity contribution is -0.880. The van der Waals surface area contributed by atoms with Gasteiger partial charge in [-0.1, -0.05) is 40.0 Å². The van der Waals surface area contributed by atoms with E-state index in [2.05, 4.69) is 33.6 Å². The van der Waals surface area contributed by atoms with Crippen molar-refractivity contribution in [2.75, 3.05) is 19.6 Å². The molecule has 0 bridgehead atoms. The maximum Gasteiger partial charge on any atom is 0.0885 e. The second-order valence-corrected chi connectivity index (χ2v) is 4.63. The summed E-state index contributed by atoms with van der Waals surface area (Å²) in [6.07, 6.45) is 10.1. The molecule has 0 aromatic rings. The van der Waals surface area contributed by atoms with E-state index in [-0.39, 0.29) is 0 Å². The summed E-state index contributed by atoms with van der Waals surface area (Å²) in [6, 6.07) is 0. The normalized spacial score (nSPS) is 11.7. The third kappa shape index (κ3) is 5.99. The van der Waals surface area contributed by atoms with Crippen LogP contribution in [0.15, 0.2) is 12.8 Å². The van der Waals surface area contributed by atoms with Gasteiger partial charge in [0.1, 0.15) is 0 Å². The van der Waals surface area contributed by atoms with Crippen molar-refractivity contribution in [3.05, 3.63) is 12.8 Å². The minimum Gasteiger partial charge on any atom is -0.298 e. The van der Waals surface area contributed by atoms with Gasteiger partial charge in [0.25, 0.3) is 0 Å². The van der Waals surface area contributed by atoms with E-state index in [1.165, 1.54) is 58.2 Å². The maximum atomic E-state index is 4.06. The molecule has 0 aromatic heterocycles. The first-order valence-electron chi connectivity index (χ1n) is 6.74. The van der Waals surface area contributed by atoms with E-state index < -0.39 is 0 Å². The van der Waals surface area contributed by atoms with Crippen LogP contribution in [0, 0.1) is 0 Å². The highest BCUT2D eigenvalue weighted by molar-refractivity contribution is 4.59. The minimum atomic E-state index is 1.15. The maximum absolute atomic E-state index is 4.06. The van der Waals surface area contributed by atoms with Crippen molar-refractivity contribution < 1.29 is 4.48 Å². The minimum absolute atomic E-state index is 1.15. The van der Waals surface area contributed by atoms with Gasteiger partial charge >= 0.3 is 0 Å². The van der Waals surface area contributed by atoms with E-state index in [0.717, 1.165) is 4.48 Å². The lowest BCUT2D eigenvalue weighted by Crippen LogP contribution is -2.44. The summed E-state index contributed by atoms with van der Waals surface area (Å²) in [5.74, 6) is 0. The van der Waals surface area contributed by atoms with Gasteiger partial charge in [-0.3, -0.25) is 4.48 Å². The number of hydrogen-bond donors (Lipinski definition) is 0. The fraction of sp³-hybridized carbons (Fsp3) is 0.857. The molecule has 15 heavy (non-hydrogen) atoms. The topological polar surface area (TPSA) is 0 Å². The lowest BCUT2D eigenvalue weighted by atomic mass is 10.2. The third-order valence-electron chi connectivity index (χ3n) is 3.26. The van der Waals surface area contributed by atoms with Crippen LogP contribution in [0.1, 0.15) is 59.3 Å². The summed E-state index contributed by atoms with van der Waals surface area (Å²) in [4.78, 5) is 0. The van der Waals surface area contributed by atoms with Gasteiger partial charge < -0.3 is 0 Å².